The summed E-state index contributed by atoms with van der Waals surface area (Å²) in [7, 11) is 0. The fourth-order valence-corrected chi connectivity index (χ4v) is 0.631. The van der Waals surface area contributed by atoms with Crippen LogP contribution in [0.1, 0.15) is 0 Å². The molecule has 3 N–H and O–H groups in total. The first-order valence-electron chi connectivity index (χ1n) is 2.01. The van der Waals surface area contributed by atoms with Gasteiger partial charge in [-0.2, -0.15) is 0 Å². The van der Waals surface area contributed by atoms with Gasteiger partial charge in [0.15, 0.2) is 0 Å². The second-order valence-electron chi connectivity index (χ2n) is 1.14. The maximum Gasteiger partial charge on any atom is 0.101 e. The van der Waals surface area contributed by atoms with E-state index in [1.807, 2.05) is 22.6 Å². The zero-order chi connectivity index (χ0) is 6.57. The van der Waals surface area contributed by atoms with Crippen molar-refractivity contribution in [2.24, 2.45) is 5.73 Å². The standard InChI is InChI=1S/C5H7IN2/c1-2-4(3-7)5(6)8/h2-3,8H,1,7H2. The summed E-state index contributed by atoms with van der Waals surface area (Å²) in [5.41, 5.74) is 5.78. The van der Waals surface area contributed by atoms with Crippen molar-refractivity contribution < 1.29 is 0 Å². The van der Waals surface area contributed by atoms with Gasteiger partial charge < -0.3 is 5.73 Å². The van der Waals surface area contributed by atoms with Gasteiger partial charge in [-0.25, -0.2) is 0 Å². The highest BCUT2D eigenvalue weighted by molar-refractivity contribution is 14.1. The Hall–Kier alpha value is -0.320. The summed E-state index contributed by atoms with van der Waals surface area (Å²) in [4.78, 5) is 0. The monoisotopic (exact) mass is 222 g/mol. The van der Waals surface area contributed by atoms with Gasteiger partial charge >= 0.3 is 0 Å². The van der Waals surface area contributed by atoms with Crippen molar-refractivity contribution in [3.8, 4) is 0 Å². The second kappa shape index (κ2) is 3.65. The van der Waals surface area contributed by atoms with Crippen molar-refractivity contribution >= 4 is 26.3 Å². The highest BCUT2D eigenvalue weighted by atomic mass is 127. The molecule has 2 nitrogen and oxygen atoms in total. The van der Waals surface area contributed by atoms with Gasteiger partial charge in [0.1, 0.15) is 3.72 Å². The molecule has 3 heteroatoms. The molecule has 0 aliphatic carbocycles. The zero-order valence-electron chi connectivity index (χ0n) is 4.32. The van der Waals surface area contributed by atoms with E-state index in [4.69, 9.17) is 11.1 Å². The normalized spacial score (nSPS) is 10.9. The van der Waals surface area contributed by atoms with Crippen LogP contribution in [0.15, 0.2) is 24.4 Å². The Morgan fingerprint density at radius 1 is 1.75 bits per heavy atom. The summed E-state index contributed by atoms with van der Waals surface area (Å²) in [6.07, 6.45) is 2.91. The van der Waals surface area contributed by atoms with E-state index in [1.165, 1.54) is 6.20 Å². The Balaban J connectivity index is 4.13. The van der Waals surface area contributed by atoms with Gasteiger partial charge in [-0.1, -0.05) is 12.7 Å². The van der Waals surface area contributed by atoms with Gasteiger partial charge in [-0.15, -0.1) is 0 Å². The third kappa shape index (κ3) is 2.11. The lowest BCUT2D eigenvalue weighted by atomic mass is 10.3. The van der Waals surface area contributed by atoms with Crippen molar-refractivity contribution in [3.05, 3.63) is 24.4 Å². The van der Waals surface area contributed by atoms with E-state index in [-0.39, 0.29) is 0 Å². The molecule has 0 aromatic carbocycles. The Labute approximate surface area is 62.1 Å². The van der Waals surface area contributed by atoms with Crippen LogP contribution in [0, 0.1) is 5.41 Å². The number of hydrogen-bond donors (Lipinski definition) is 2. The van der Waals surface area contributed by atoms with E-state index in [0.717, 1.165) is 0 Å². The first-order valence-corrected chi connectivity index (χ1v) is 3.09. The molecule has 0 fully saturated rings. The summed E-state index contributed by atoms with van der Waals surface area (Å²) in [6, 6.07) is 0. The molecule has 0 heterocycles. The quantitative estimate of drug-likeness (QED) is 0.414. The van der Waals surface area contributed by atoms with Crippen molar-refractivity contribution in [2.75, 3.05) is 0 Å². The molecule has 0 aliphatic rings. The minimum Gasteiger partial charge on any atom is -0.404 e. The van der Waals surface area contributed by atoms with Crippen LogP contribution in [-0.2, 0) is 0 Å². The zero-order valence-corrected chi connectivity index (χ0v) is 6.47. The molecule has 0 rings (SSSR count). The van der Waals surface area contributed by atoms with Crippen LogP contribution >= 0.6 is 22.6 Å². The molecular formula is C5H7IN2. The number of allylic oxidation sites excluding steroid dienone is 2. The van der Waals surface area contributed by atoms with Crippen molar-refractivity contribution in [3.63, 3.8) is 0 Å². The van der Waals surface area contributed by atoms with Gasteiger partial charge in [0.05, 0.1) is 0 Å². The molecule has 0 aromatic heterocycles. The van der Waals surface area contributed by atoms with Gasteiger partial charge in [0, 0.05) is 11.8 Å². The van der Waals surface area contributed by atoms with E-state index >= 15 is 0 Å². The molecule has 0 saturated heterocycles. The van der Waals surface area contributed by atoms with Crippen LogP contribution in [0.25, 0.3) is 0 Å². The maximum absolute atomic E-state index is 7.02. The first-order chi connectivity index (χ1) is 3.72. The largest absolute Gasteiger partial charge is 0.404 e. The predicted octanol–water partition coefficient (Wildman–Crippen LogP) is 1.43. The van der Waals surface area contributed by atoms with E-state index in [0.29, 0.717) is 9.29 Å². The van der Waals surface area contributed by atoms with Crippen molar-refractivity contribution in [1.82, 2.24) is 0 Å². The summed E-state index contributed by atoms with van der Waals surface area (Å²) >= 11 is 1.87. The topological polar surface area (TPSA) is 49.9 Å². The molecule has 0 atom stereocenters. The summed E-state index contributed by atoms with van der Waals surface area (Å²) in [5.74, 6) is 0. The van der Waals surface area contributed by atoms with Gasteiger partial charge in [-0.3, -0.25) is 5.41 Å². The fraction of sp³-hybridized carbons (Fsp3) is 0. The molecular weight excluding hydrogens is 215 g/mol. The molecule has 0 aliphatic heterocycles. The average Bonchev–Trinajstić information content (AvgIpc) is 1.69. The van der Waals surface area contributed by atoms with E-state index < -0.39 is 0 Å². The molecule has 0 saturated carbocycles. The Morgan fingerprint density at radius 2 is 2.25 bits per heavy atom. The molecule has 0 amide bonds. The highest BCUT2D eigenvalue weighted by Gasteiger charge is 1.90. The maximum atomic E-state index is 7.02. The Morgan fingerprint density at radius 3 is 2.25 bits per heavy atom. The van der Waals surface area contributed by atoms with Gasteiger partial charge in [0.2, 0.25) is 0 Å². The molecule has 44 valence electrons. The third-order valence-corrected chi connectivity index (χ3v) is 1.28. The lowest BCUT2D eigenvalue weighted by molar-refractivity contribution is 1.51. The Bertz CT molecular complexity index is 137. The molecule has 0 spiro atoms. The van der Waals surface area contributed by atoms with E-state index in [9.17, 15) is 0 Å². The van der Waals surface area contributed by atoms with Crippen LogP contribution in [0.4, 0.5) is 0 Å². The van der Waals surface area contributed by atoms with E-state index in [1.54, 1.807) is 6.08 Å². The molecule has 8 heavy (non-hydrogen) atoms. The Kier molecular flexibility index (Phi) is 3.51. The lowest BCUT2D eigenvalue weighted by Gasteiger charge is -1.89. The van der Waals surface area contributed by atoms with Crippen LogP contribution in [0.5, 0.6) is 0 Å². The molecule has 0 bridgehead atoms. The van der Waals surface area contributed by atoms with Crippen LogP contribution in [0.2, 0.25) is 0 Å². The van der Waals surface area contributed by atoms with Crippen LogP contribution < -0.4 is 5.73 Å². The smallest absolute Gasteiger partial charge is 0.101 e. The van der Waals surface area contributed by atoms with Crippen LogP contribution in [0.3, 0.4) is 0 Å². The summed E-state index contributed by atoms with van der Waals surface area (Å²) in [6.45, 7) is 3.46. The predicted molar refractivity (Wildman–Crippen MR) is 44.2 cm³/mol. The second-order valence-corrected chi connectivity index (χ2v) is 2.22. The van der Waals surface area contributed by atoms with Crippen LogP contribution in [-0.4, -0.2) is 3.72 Å². The minimum absolute atomic E-state index is 0.417. The van der Waals surface area contributed by atoms with Gasteiger partial charge in [-0.05, 0) is 22.6 Å². The average molecular weight is 222 g/mol. The molecule has 0 aromatic rings. The van der Waals surface area contributed by atoms with Gasteiger partial charge in [0.25, 0.3) is 0 Å². The first kappa shape index (κ1) is 7.68. The molecule has 0 radical (unpaired) electrons. The number of nitrogens with one attached hydrogen (secondary N) is 1. The highest BCUT2D eigenvalue weighted by Crippen LogP contribution is 2.01. The minimum atomic E-state index is 0.417. The number of rotatable bonds is 2. The summed E-state index contributed by atoms with van der Waals surface area (Å²) < 4.78 is 0.417. The number of nitrogens with two attached hydrogens (primary N) is 1. The molecule has 0 unspecified atom stereocenters. The number of halogens is 1. The van der Waals surface area contributed by atoms with E-state index in [2.05, 4.69) is 6.58 Å². The third-order valence-electron chi connectivity index (χ3n) is 0.653. The fourth-order valence-electron chi connectivity index (χ4n) is 0.231. The number of hydrogen-bond acceptors (Lipinski definition) is 2. The van der Waals surface area contributed by atoms with Crippen molar-refractivity contribution in [1.29, 1.82) is 5.41 Å². The SMILES string of the molecule is C=CC(=CN)C(=N)I. The lowest BCUT2D eigenvalue weighted by Crippen LogP contribution is -1.91. The summed E-state index contributed by atoms with van der Waals surface area (Å²) in [5, 5.41) is 7.02. The van der Waals surface area contributed by atoms with Crippen molar-refractivity contribution in [2.45, 2.75) is 0 Å².